The van der Waals surface area contributed by atoms with Gasteiger partial charge in [0, 0.05) is 12.2 Å². The Labute approximate surface area is 183 Å². The summed E-state index contributed by atoms with van der Waals surface area (Å²) in [6.45, 7) is 3.00. The molecular formula is C23H32N2O4S. The second-order valence-electron chi connectivity index (χ2n) is 7.70. The average Bonchev–Trinajstić information content (AvgIpc) is 3.19. The number of hydrogen-bond acceptors (Lipinski definition) is 6. The number of aromatic nitrogens is 2. The minimum Gasteiger partial charge on any atom is -0.461 e. The van der Waals surface area contributed by atoms with E-state index in [1.807, 2.05) is 34.9 Å². The van der Waals surface area contributed by atoms with Crippen molar-refractivity contribution in [2.45, 2.75) is 50.7 Å². The third kappa shape index (κ3) is 5.25. The monoisotopic (exact) mass is 432 g/mol. The maximum atomic E-state index is 12.6. The number of carbonyl (C=O) groups is 1. The molecule has 6 nitrogen and oxygen atoms in total. The van der Waals surface area contributed by atoms with Gasteiger partial charge in [-0.25, -0.2) is 9.78 Å². The highest BCUT2D eigenvalue weighted by molar-refractivity contribution is 7.98. The molecule has 0 aliphatic heterocycles. The van der Waals surface area contributed by atoms with E-state index >= 15 is 0 Å². The number of rotatable bonds is 10. The summed E-state index contributed by atoms with van der Waals surface area (Å²) < 4.78 is 13.1. The molecule has 1 aliphatic rings. The van der Waals surface area contributed by atoms with Crippen molar-refractivity contribution in [1.82, 2.24) is 9.55 Å². The number of thioether (sulfide) groups is 1. The van der Waals surface area contributed by atoms with Crippen LogP contribution in [0.25, 0.3) is 11.3 Å². The fraction of sp³-hybridized carbons (Fsp3) is 0.565. The molecule has 1 aromatic carbocycles. The van der Waals surface area contributed by atoms with Crippen molar-refractivity contribution in [1.29, 1.82) is 0 Å². The Morgan fingerprint density at radius 2 is 2.13 bits per heavy atom. The molecule has 30 heavy (non-hydrogen) atoms. The molecule has 1 heterocycles. The lowest BCUT2D eigenvalue weighted by Crippen LogP contribution is -2.46. The lowest BCUT2D eigenvalue weighted by molar-refractivity contribution is -0.0989. The Hall–Kier alpha value is -1.83. The first-order valence-corrected chi connectivity index (χ1v) is 12.1. The van der Waals surface area contributed by atoms with Crippen LogP contribution in [0.15, 0.2) is 36.7 Å². The van der Waals surface area contributed by atoms with Crippen LogP contribution < -0.4 is 0 Å². The molecule has 1 aliphatic carbocycles. The molecule has 0 radical (unpaired) electrons. The SMILES string of the molecule is CCOC(=O)c1ncn([C@H]2CCCC[C@]2(O)COCCCSC)c1-c1ccccc1. The molecule has 0 spiro atoms. The van der Waals surface area contributed by atoms with E-state index < -0.39 is 11.6 Å². The summed E-state index contributed by atoms with van der Waals surface area (Å²) in [6, 6.07) is 9.51. The predicted octanol–water partition coefficient (Wildman–Crippen LogP) is 4.34. The average molecular weight is 433 g/mol. The van der Waals surface area contributed by atoms with Crippen LogP contribution in [0.4, 0.5) is 0 Å². The molecule has 1 aromatic heterocycles. The molecule has 2 aromatic rings. The number of benzene rings is 1. The zero-order valence-electron chi connectivity index (χ0n) is 17.9. The highest BCUT2D eigenvalue weighted by Gasteiger charge is 2.42. The number of esters is 1. The summed E-state index contributed by atoms with van der Waals surface area (Å²) in [7, 11) is 0. The maximum absolute atomic E-state index is 12.6. The number of imidazole rings is 1. The Morgan fingerprint density at radius 1 is 1.33 bits per heavy atom. The molecule has 3 rings (SSSR count). The summed E-state index contributed by atoms with van der Waals surface area (Å²) in [4.78, 5) is 17.0. The van der Waals surface area contributed by atoms with Gasteiger partial charge < -0.3 is 19.1 Å². The van der Waals surface area contributed by atoms with Gasteiger partial charge in [0.1, 0.15) is 5.60 Å². The summed E-state index contributed by atoms with van der Waals surface area (Å²) >= 11 is 1.79. The van der Waals surface area contributed by atoms with Crippen LogP contribution in [-0.2, 0) is 9.47 Å². The van der Waals surface area contributed by atoms with Gasteiger partial charge in [-0.15, -0.1) is 0 Å². The Bertz CT molecular complexity index is 811. The van der Waals surface area contributed by atoms with Gasteiger partial charge in [-0.05, 0) is 38.2 Å². The van der Waals surface area contributed by atoms with Crippen LogP contribution in [0, 0.1) is 0 Å². The lowest BCUT2D eigenvalue weighted by Gasteiger charge is -2.41. The van der Waals surface area contributed by atoms with Crippen LogP contribution in [0.3, 0.4) is 0 Å². The van der Waals surface area contributed by atoms with E-state index in [0.717, 1.165) is 37.0 Å². The quantitative estimate of drug-likeness (QED) is 0.445. The first kappa shape index (κ1) is 22.8. The molecule has 0 unspecified atom stereocenters. The van der Waals surface area contributed by atoms with Crippen molar-refractivity contribution in [3.8, 4) is 11.3 Å². The largest absolute Gasteiger partial charge is 0.461 e. The van der Waals surface area contributed by atoms with Crippen LogP contribution in [0.5, 0.6) is 0 Å². The van der Waals surface area contributed by atoms with E-state index in [9.17, 15) is 9.90 Å². The normalized spacial score (nSPS) is 21.5. The maximum Gasteiger partial charge on any atom is 0.359 e. The number of ether oxygens (including phenoxy) is 2. The first-order chi connectivity index (χ1) is 14.6. The molecule has 0 amide bonds. The molecule has 1 N–H and O–H groups in total. The first-order valence-electron chi connectivity index (χ1n) is 10.7. The molecule has 164 valence electrons. The van der Waals surface area contributed by atoms with Crippen molar-refractivity contribution in [2.24, 2.45) is 0 Å². The van der Waals surface area contributed by atoms with Gasteiger partial charge >= 0.3 is 5.97 Å². The van der Waals surface area contributed by atoms with E-state index in [0.29, 0.717) is 18.7 Å². The topological polar surface area (TPSA) is 73.6 Å². The second kappa shape index (κ2) is 11.0. The van der Waals surface area contributed by atoms with Gasteiger partial charge in [-0.1, -0.05) is 43.2 Å². The third-order valence-corrected chi connectivity index (χ3v) is 6.29. The summed E-state index contributed by atoms with van der Waals surface area (Å²) in [6.07, 6.45) is 8.17. The van der Waals surface area contributed by atoms with Crippen LogP contribution in [0.2, 0.25) is 0 Å². The van der Waals surface area contributed by atoms with E-state index in [4.69, 9.17) is 9.47 Å². The summed E-state index contributed by atoms with van der Waals surface area (Å²) in [5, 5.41) is 11.6. The zero-order chi connectivity index (χ0) is 21.4. The van der Waals surface area contributed by atoms with Crippen LogP contribution in [-0.4, -0.2) is 58.1 Å². The van der Waals surface area contributed by atoms with Gasteiger partial charge in [0.2, 0.25) is 0 Å². The lowest BCUT2D eigenvalue weighted by atomic mass is 9.80. The smallest absolute Gasteiger partial charge is 0.359 e. The molecule has 1 fully saturated rings. The highest BCUT2D eigenvalue weighted by atomic mass is 32.2. The van der Waals surface area contributed by atoms with Crippen molar-refractivity contribution in [3.63, 3.8) is 0 Å². The fourth-order valence-electron chi connectivity index (χ4n) is 4.15. The van der Waals surface area contributed by atoms with E-state index in [1.165, 1.54) is 0 Å². The number of carbonyl (C=O) groups excluding carboxylic acids is 1. The highest BCUT2D eigenvalue weighted by Crippen LogP contribution is 2.41. The molecule has 0 bridgehead atoms. The molecule has 2 atom stereocenters. The van der Waals surface area contributed by atoms with Crippen molar-refractivity contribution < 1.29 is 19.4 Å². The predicted molar refractivity (Wildman–Crippen MR) is 120 cm³/mol. The summed E-state index contributed by atoms with van der Waals surface area (Å²) in [5.74, 6) is 0.604. The summed E-state index contributed by atoms with van der Waals surface area (Å²) in [5.41, 5.74) is 0.874. The third-order valence-electron chi connectivity index (χ3n) is 5.59. The van der Waals surface area contributed by atoms with E-state index in [-0.39, 0.29) is 24.9 Å². The molecule has 1 saturated carbocycles. The Balaban J connectivity index is 1.93. The van der Waals surface area contributed by atoms with Crippen molar-refractivity contribution in [2.75, 3.05) is 31.8 Å². The number of nitrogens with zero attached hydrogens (tertiary/aromatic N) is 2. The minimum absolute atomic E-state index is 0.210. The van der Waals surface area contributed by atoms with Crippen LogP contribution >= 0.6 is 11.8 Å². The van der Waals surface area contributed by atoms with Crippen molar-refractivity contribution in [3.05, 3.63) is 42.4 Å². The minimum atomic E-state index is -0.992. The van der Waals surface area contributed by atoms with Gasteiger partial charge in [0.15, 0.2) is 5.69 Å². The molecule has 7 heteroatoms. The standard InChI is InChI=1S/C23H32N2O4S/c1-3-29-22(26)20-21(18-10-5-4-6-11-18)25(17-24-20)19-12-7-8-13-23(19,27)16-28-14-9-15-30-2/h4-6,10-11,17,19,27H,3,7-9,12-16H2,1-2H3/t19-,23-/m0/s1. The Kier molecular flexibility index (Phi) is 8.36. The molecule has 0 saturated heterocycles. The zero-order valence-corrected chi connectivity index (χ0v) is 18.7. The van der Waals surface area contributed by atoms with Crippen molar-refractivity contribution >= 4 is 17.7 Å². The van der Waals surface area contributed by atoms with Gasteiger partial charge in [0.05, 0.1) is 31.3 Å². The van der Waals surface area contributed by atoms with Gasteiger partial charge in [-0.2, -0.15) is 11.8 Å². The molecular weight excluding hydrogens is 400 g/mol. The van der Waals surface area contributed by atoms with Gasteiger partial charge in [-0.3, -0.25) is 0 Å². The number of hydrogen-bond donors (Lipinski definition) is 1. The second-order valence-corrected chi connectivity index (χ2v) is 8.69. The van der Waals surface area contributed by atoms with Crippen LogP contribution in [0.1, 0.15) is 55.6 Å². The van der Waals surface area contributed by atoms with E-state index in [1.54, 1.807) is 25.0 Å². The van der Waals surface area contributed by atoms with Gasteiger partial charge in [0.25, 0.3) is 0 Å². The van der Waals surface area contributed by atoms with E-state index in [2.05, 4.69) is 11.2 Å². The Morgan fingerprint density at radius 3 is 2.87 bits per heavy atom. The fourth-order valence-corrected chi connectivity index (χ4v) is 4.56. The number of aliphatic hydroxyl groups is 1.